The molecule has 0 radical (unpaired) electrons. The van der Waals surface area contributed by atoms with Crippen molar-refractivity contribution >= 4 is 5.97 Å². The van der Waals surface area contributed by atoms with Gasteiger partial charge in [-0.15, -0.1) is 0 Å². The number of nitrogens with zero attached hydrogens (tertiary/aromatic N) is 3. The van der Waals surface area contributed by atoms with Crippen molar-refractivity contribution in [2.24, 2.45) is 0 Å². The highest BCUT2D eigenvalue weighted by Crippen LogP contribution is 2.41. The smallest absolute Gasteiger partial charge is 0.421 e. The van der Waals surface area contributed by atoms with Crippen LogP contribution in [-0.2, 0) is 16.5 Å². The van der Waals surface area contributed by atoms with Crippen molar-refractivity contribution in [2.75, 3.05) is 13.2 Å². The van der Waals surface area contributed by atoms with E-state index in [1.807, 2.05) is 0 Å². The van der Waals surface area contributed by atoms with Crippen LogP contribution in [0, 0.1) is 18.8 Å². The van der Waals surface area contributed by atoms with E-state index in [0.717, 1.165) is 12.4 Å². The fourth-order valence-corrected chi connectivity index (χ4v) is 2.59. The molecular formula is C20H22F3N3O4. The van der Waals surface area contributed by atoms with E-state index < -0.39 is 41.2 Å². The first-order chi connectivity index (χ1) is 13.9. The van der Waals surface area contributed by atoms with Gasteiger partial charge in [-0.1, -0.05) is 11.8 Å². The van der Waals surface area contributed by atoms with Gasteiger partial charge in [0.25, 0.3) is 0 Å². The summed E-state index contributed by atoms with van der Waals surface area (Å²) in [5.74, 6) is 3.06. The third kappa shape index (κ3) is 4.91. The van der Waals surface area contributed by atoms with Gasteiger partial charge in [-0.25, -0.2) is 9.48 Å². The Kier molecular flexibility index (Phi) is 6.77. The van der Waals surface area contributed by atoms with Crippen molar-refractivity contribution < 1.29 is 32.5 Å². The van der Waals surface area contributed by atoms with E-state index in [-0.39, 0.29) is 23.7 Å². The number of aromatic nitrogens is 3. The van der Waals surface area contributed by atoms with Crippen LogP contribution in [0.4, 0.5) is 13.2 Å². The van der Waals surface area contributed by atoms with E-state index in [1.54, 1.807) is 27.7 Å². The Balaban J connectivity index is 2.69. The fraction of sp³-hybridized carbons (Fsp3) is 0.450. The van der Waals surface area contributed by atoms with Gasteiger partial charge in [0, 0.05) is 11.8 Å². The number of hydrogen-bond donors (Lipinski definition) is 1. The molecule has 0 aliphatic carbocycles. The Labute approximate surface area is 171 Å². The van der Waals surface area contributed by atoms with E-state index in [0.29, 0.717) is 0 Å². The van der Waals surface area contributed by atoms with Gasteiger partial charge < -0.3 is 14.6 Å². The predicted octanol–water partition coefficient (Wildman–Crippen LogP) is 3.67. The Morgan fingerprint density at radius 2 is 1.93 bits per heavy atom. The van der Waals surface area contributed by atoms with E-state index in [1.165, 1.54) is 11.6 Å². The molecule has 0 aromatic carbocycles. The average molecular weight is 425 g/mol. The van der Waals surface area contributed by atoms with Crippen LogP contribution in [0.1, 0.15) is 54.9 Å². The van der Waals surface area contributed by atoms with Gasteiger partial charge in [0.15, 0.2) is 11.4 Å². The van der Waals surface area contributed by atoms with Crippen LogP contribution < -0.4 is 4.74 Å². The lowest BCUT2D eigenvalue weighted by Gasteiger charge is -2.23. The van der Waals surface area contributed by atoms with Crippen molar-refractivity contribution in [3.8, 4) is 23.5 Å². The Morgan fingerprint density at radius 3 is 2.47 bits per heavy atom. The molecule has 7 nitrogen and oxygen atoms in total. The number of carbonyl (C=O) groups is 1. The zero-order valence-corrected chi connectivity index (χ0v) is 17.2. The highest BCUT2D eigenvalue weighted by molar-refractivity contribution is 5.89. The first-order valence-corrected chi connectivity index (χ1v) is 9.01. The Bertz CT molecular complexity index is 996. The summed E-state index contributed by atoms with van der Waals surface area (Å²) >= 11 is 0. The summed E-state index contributed by atoms with van der Waals surface area (Å²) in [5.41, 5.74) is -2.13. The molecule has 0 amide bonds. The second-order valence-corrected chi connectivity index (χ2v) is 7.20. The van der Waals surface area contributed by atoms with Gasteiger partial charge in [0.2, 0.25) is 5.88 Å². The highest BCUT2D eigenvalue weighted by Gasteiger charge is 2.38. The lowest BCUT2D eigenvalue weighted by Crippen LogP contribution is -2.24. The molecule has 2 rings (SSSR count). The molecule has 2 heterocycles. The SMILES string of the molecule is CCOC(=O)c1nn(C(C)(C)C)c(Oc2cncc(C#CCO)c2C(F)(F)F)c1C. The molecule has 0 atom stereocenters. The van der Waals surface area contributed by atoms with E-state index in [9.17, 15) is 18.0 Å². The minimum atomic E-state index is -4.80. The maximum Gasteiger partial charge on any atom is 0.421 e. The van der Waals surface area contributed by atoms with Crippen molar-refractivity contribution in [2.45, 2.75) is 46.3 Å². The predicted molar refractivity (Wildman–Crippen MR) is 101 cm³/mol. The van der Waals surface area contributed by atoms with Crippen molar-refractivity contribution in [3.63, 3.8) is 0 Å². The summed E-state index contributed by atoms with van der Waals surface area (Å²) in [5, 5.41) is 13.0. The molecule has 2 aromatic heterocycles. The molecule has 0 saturated carbocycles. The van der Waals surface area contributed by atoms with Crippen LogP contribution in [-0.4, -0.2) is 39.1 Å². The summed E-state index contributed by atoms with van der Waals surface area (Å²) in [7, 11) is 0. The van der Waals surface area contributed by atoms with Gasteiger partial charge in [-0.05, 0) is 34.6 Å². The number of halogens is 3. The maximum atomic E-state index is 13.8. The highest BCUT2D eigenvalue weighted by atomic mass is 19.4. The van der Waals surface area contributed by atoms with Crippen LogP contribution in [0.3, 0.4) is 0 Å². The number of aliphatic hydroxyl groups excluding tert-OH is 1. The summed E-state index contributed by atoms with van der Waals surface area (Å²) in [4.78, 5) is 16.0. The summed E-state index contributed by atoms with van der Waals surface area (Å²) in [6.07, 6.45) is -2.95. The fourth-order valence-electron chi connectivity index (χ4n) is 2.59. The molecule has 10 heteroatoms. The van der Waals surface area contributed by atoms with Gasteiger partial charge in [0.1, 0.15) is 12.2 Å². The molecule has 0 saturated heterocycles. The van der Waals surface area contributed by atoms with Gasteiger partial charge in [-0.3, -0.25) is 4.98 Å². The zero-order chi connectivity index (χ0) is 22.7. The third-order valence-corrected chi connectivity index (χ3v) is 3.88. The van der Waals surface area contributed by atoms with Gasteiger partial charge in [-0.2, -0.15) is 18.3 Å². The minimum Gasteiger partial charge on any atom is -0.461 e. The first-order valence-electron chi connectivity index (χ1n) is 9.01. The maximum absolute atomic E-state index is 13.8. The van der Waals surface area contributed by atoms with Crippen LogP contribution >= 0.6 is 0 Å². The number of alkyl halides is 3. The molecule has 1 N–H and O–H groups in total. The summed E-state index contributed by atoms with van der Waals surface area (Å²) in [6.45, 7) is 7.91. The molecule has 162 valence electrons. The molecule has 0 aliphatic rings. The largest absolute Gasteiger partial charge is 0.461 e. The number of pyridine rings is 1. The Hall–Kier alpha value is -3.06. The second kappa shape index (κ2) is 8.75. The van der Waals surface area contributed by atoms with E-state index in [4.69, 9.17) is 14.6 Å². The summed E-state index contributed by atoms with van der Waals surface area (Å²) < 4.78 is 53.3. The molecule has 30 heavy (non-hydrogen) atoms. The van der Waals surface area contributed by atoms with Crippen LogP contribution in [0.25, 0.3) is 0 Å². The lowest BCUT2D eigenvalue weighted by atomic mass is 10.1. The molecule has 0 unspecified atom stereocenters. The number of aliphatic hydroxyl groups is 1. The van der Waals surface area contributed by atoms with Gasteiger partial charge >= 0.3 is 12.1 Å². The van der Waals surface area contributed by atoms with Crippen LogP contribution in [0.2, 0.25) is 0 Å². The standard InChI is InChI=1S/C20H22F3N3O4/c1-6-29-18(28)16-12(2)17(26(25-16)19(3,4)5)30-14-11-24-10-13(8-7-9-27)15(14)20(21,22)23/h10-11,27H,6,9H2,1-5H3. The number of hydrogen-bond acceptors (Lipinski definition) is 6. The molecule has 0 fully saturated rings. The number of ether oxygens (including phenoxy) is 2. The van der Waals surface area contributed by atoms with Crippen LogP contribution in [0.15, 0.2) is 12.4 Å². The zero-order valence-electron chi connectivity index (χ0n) is 17.2. The number of esters is 1. The lowest BCUT2D eigenvalue weighted by molar-refractivity contribution is -0.138. The van der Waals surface area contributed by atoms with Crippen molar-refractivity contribution in [1.82, 2.24) is 14.8 Å². The molecule has 0 bridgehead atoms. The summed E-state index contributed by atoms with van der Waals surface area (Å²) in [6, 6.07) is 0. The topological polar surface area (TPSA) is 86.5 Å². The minimum absolute atomic E-state index is 0.0508. The molecule has 0 aliphatic heterocycles. The molecular weight excluding hydrogens is 403 g/mol. The van der Waals surface area contributed by atoms with E-state index >= 15 is 0 Å². The van der Waals surface area contributed by atoms with Crippen LogP contribution in [0.5, 0.6) is 11.6 Å². The number of carbonyl (C=O) groups excluding carboxylic acids is 1. The second-order valence-electron chi connectivity index (χ2n) is 7.20. The third-order valence-electron chi connectivity index (χ3n) is 3.88. The normalized spacial score (nSPS) is 11.6. The average Bonchev–Trinajstić information content (AvgIpc) is 2.96. The van der Waals surface area contributed by atoms with Crippen molar-refractivity contribution in [3.05, 3.63) is 34.8 Å². The first kappa shape index (κ1) is 23.2. The van der Waals surface area contributed by atoms with Gasteiger partial charge in [0.05, 0.1) is 23.9 Å². The number of rotatable bonds is 4. The monoisotopic (exact) mass is 425 g/mol. The quantitative estimate of drug-likeness (QED) is 0.594. The van der Waals surface area contributed by atoms with Crippen molar-refractivity contribution in [1.29, 1.82) is 0 Å². The molecule has 0 spiro atoms. The Morgan fingerprint density at radius 1 is 1.27 bits per heavy atom. The molecule has 2 aromatic rings. The van der Waals surface area contributed by atoms with E-state index in [2.05, 4.69) is 21.9 Å².